The predicted octanol–water partition coefficient (Wildman–Crippen LogP) is 4.28. The number of methoxy groups -OCH3 is 1. The van der Waals surface area contributed by atoms with Crippen molar-refractivity contribution < 1.29 is 18.7 Å². The van der Waals surface area contributed by atoms with Gasteiger partial charge >= 0.3 is 0 Å². The minimum Gasteiger partial charge on any atom is -0.496 e. The number of para-hydroxylation sites is 1. The highest BCUT2D eigenvalue weighted by atomic mass is 16.5. The summed E-state index contributed by atoms with van der Waals surface area (Å²) in [6, 6.07) is 17.5. The van der Waals surface area contributed by atoms with E-state index < -0.39 is 0 Å². The van der Waals surface area contributed by atoms with Gasteiger partial charge in [-0.25, -0.2) is 0 Å². The third kappa shape index (κ3) is 3.77. The van der Waals surface area contributed by atoms with Crippen molar-refractivity contribution in [2.75, 3.05) is 13.7 Å². The molecule has 8 heteroatoms. The number of benzene rings is 2. The first-order valence-electron chi connectivity index (χ1n) is 10.1. The summed E-state index contributed by atoms with van der Waals surface area (Å²) < 4.78 is 24.4. The highest BCUT2D eigenvalue weighted by Crippen LogP contribution is 2.32. The van der Waals surface area contributed by atoms with E-state index in [1.165, 1.54) is 0 Å². The number of aromatic nitrogens is 4. The molecule has 0 saturated carbocycles. The molecule has 1 atom stereocenters. The number of nitrogens with zero attached hydrogens (tertiary/aromatic N) is 4. The first-order valence-corrected chi connectivity index (χ1v) is 10.1. The third-order valence-corrected chi connectivity index (χ3v) is 5.19. The van der Waals surface area contributed by atoms with Crippen LogP contribution in [0.3, 0.4) is 0 Å². The Kier molecular flexibility index (Phi) is 5.13. The standard InChI is InChI=1S/C23H22N4O4/c1-3-29-17-10-8-15(9-11-17)21-13-27-16(14-30-21)12-19(25-27)23-24-22(26-31-23)18-6-4-5-7-20(18)28-2/h4-12,21H,3,13-14H2,1-2H3/t21-/m1/s1. The van der Waals surface area contributed by atoms with Crippen LogP contribution in [-0.2, 0) is 17.9 Å². The molecule has 4 aromatic rings. The van der Waals surface area contributed by atoms with E-state index >= 15 is 0 Å². The number of hydrogen-bond donors (Lipinski definition) is 0. The Labute approximate surface area is 179 Å². The summed E-state index contributed by atoms with van der Waals surface area (Å²) in [5, 5.41) is 8.78. The molecule has 5 rings (SSSR count). The highest BCUT2D eigenvalue weighted by molar-refractivity contribution is 5.65. The van der Waals surface area contributed by atoms with Crippen LogP contribution in [0.5, 0.6) is 11.5 Å². The largest absolute Gasteiger partial charge is 0.496 e. The molecule has 0 N–H and O–H groups in total. The number of fused-ring (bicyclic) bond motifs is 1. The summed E-state index contributed by atoms with van der Waals surface area (Å²) in [6.45, 7) is 3.68. The summed E-state index contributed by atoms with van der Waals surface area (Å²) in [4.78, 5) is 4.52. The Hall–Kier alpha value is -3.65. The fraction of sp³-hybridized carbons (Fsp3) is 0.261. The molecule has 8 nitrogen and oxygen atoms in total. The zero-order chi connectivity index (χ0) is 21.2. The Balaban J connectivity index is 1.36. The Morgan fingerprint density at radius 2 is 1.97 bits per heavy atom. The van der Waals surface area contributed by atoms with Crippen LogP contribution in [0.1, 0.15) is 24.3 Å². The van der Waals surface area contributed by atoms with E-state index in [9.17, 15) is 0 Å². The summed E-state index contributed by atoms with van der Waals surface area (Å²) in [5.74, 6) is 2.36. The van der Waals surface area contributed by atoms with Gasteiger partial charge in [0.2, 0.25) is 5.82 Å². The molecule has 2 aromatic heterocycles. The average Bonchev–Trinajstić information content (AvgIpc) is 3.46. The van der Waals surface area contributed by atoms with E-state index in [-0.39, 0.29) is 6.10 Å². The van der Waals surface area contributed by atoms with E-state index in [0.717, 1.165) is 22.6 Å². The predicted molar refractivity (Wildman–Crippen MR) is 113 cm³/mol. The first kappa shape index (κ1) is 19.3. The molecule has 0 bridgehead atoms. The smallest absolute Gasteiger partial charge is 0.278 e. The second-order valence-corrected chi connectivity index (χ2v) is 7.13. The second-order valence-electron chi connectivity index (χ2n) is 7.13. The maximum atomic E-state index is 6.06. The molecule has 0 spiro atoms. The SMILES string of the molecule is CCOc1ccc([C@H]2Cn3nc(-c4nc(-c5ccccc5OC)no4)cc3CO2)cc1. The summed E-state index contributed by atoms with van der Waals surface area (Å²) in [7, 11) is 1.62. The molecule has 0 aliphatic carbocycles. The molecule has 3 heterocycles. The van der Waals surface area contributed by atoms with E-state index in [0.29, 0.717) is 42.9 Å². The van der Waals surface area contributed by atoms with Gasteiger partial charge in [-0.2, -0.15) is 10.1 Å². The highest BCUT2D eigenvalue weighted by Gasteiger charge is 2.24. The average molecular weight is 418 g/mol. The maximum Gasteiger partial charge on any atom is 0.278 e. The minimum atomic E-state index is -0.0808. The molecule has 2 aromatic carbocycles. The Morgan fingerprint density at radius 1 is 1.13 bits per heavy atom. The van der Waals surface area contributed by atoms with E-state index in [1.54, 1.807) is 7.11 Å². The number of rotatable bonds is 6. The topological polar surface area (TPSA) is 84.4 Å². The first-order chi connectivity index (χ1) is 15.2. The van der Waals surface area contributed by atoms with E-state index in [1.807, 2.05) is 66.2 Å². The molecule has 1 aliphatic rings. The maximum absolute atomic E-state index is 6.06. The minimum absolute atomic E-state index is 0.0808. The van der Waals surface area contributed by atoms with Crippen LogP contribution < -0.4 is 9.47 Å². The van der Waals surface area contributed by atoms with Crippen LogP contribution >= 0.6 is 0 Å². The van der Waals surface area contributed by atoms with Gasteiger partial charge in [0, 0.05) is 0 Å². The van der Waals surface area contributed by atoms with Crippen LogP contribution in [0.4, 0.5) is 0 Å². The van der Waals surface area contributed by atoms with Crippen LogP contribution in [-0.4, -0.2) is 33.6 Å². The van der Waals surface area contributed by atoms with Crippen molar-refractivity contribution in [3.05, 3.63) is 65.9 Å². The van der Waals surface area contributed by atoms with Gasteiger partial charge in [0.15, 0.2) is 5.69 Å². The second kappa shape index (κ2) is 8.23. The molecule has 0 fully saturated rings. The molecular weight excluding hydrogens is 396 g/mol. The molecule has 31 heavy (non-hydrogen) atoms. The molecule has 158 valence electrons. The summed E-state index contributed by atoms with van der Waals surface area (Å²) in [5.41, 5.74) is 3.44. The van der Waals surface area contributed by atoms with Gasteiger partial charge in [-0.1, -0.05) is 29.4 Å². The van der Waals surface area contributed by atoms with Crippen molar-refractivity contribution in [1.29, 1.82) is 0 Å². The quantitative estimate of drug-likeness (QED) is 0.462. The van der Waals surface area contributed by atoms with Crippen molar-refractivity contribution in [3.63, 3.8) is 0 Å². The van der Waals surface area contributed by atoms with Crippen LogP contribution in [0.25, 0.3) is 23.0 Å². The fourth-order valence-corrected chi connectivity index (χ4v) is 3.64. The zero-order valence-electron chi connectivity index (χ0n) is 17.3. The van der Waals surface area contributed by atoms with Gasteiger partial charge < -0.3 is 18.7 Å². The van der Waals surface area contributed by atoms with E-state index in [2.05, 4.69) is 15.2 Å². The molecule has 0 radical (unpaired) electrons. The molecular formula is C23H22N4O4. The Bertz CT molecular complexity index is 1180. The van der Waals surface area contributed by atoms with Crippen molar-refractivity contribution in [2.45, 2.75) is 26.2 Å². The monoisotopic (exact) mass is 418 g/mol. The van der Waals surface area contributed by atoms with E-state index in [4.69, 9.17) is 18.7 Å². The normalized spacial score (nSPS) is 15.5. The van der Waals surface area contributed by atoms with Crippen molar-refractivity contribution in [1.82, 2.24) is 19.9 Å². The van der Waals surface area contributed by atoms with Gasteiger partial charge in [-0.15, -0.1) is 0 Å². The molecule has 1 aliphatic heterocycles. The molecule has 0 saturated heterocycles. The lowest BCUT2D eigenvalue weighted by molar-refractivity contribution is -0.00115. The van der Waals surface area contributed by atoms with Crippen LogP contribution in [0.15, 0.2) is 59.1 Å². The lowest BCUT2D eigenvalue weighted by Gasteiger charge is -2.24. The van der Waals surface area contributed by atoms with Gasteiger partial charge in [-0.05, 0) is 42.8 Å². The number of hydrogen-bond acceptors (Lipinski definition) is 7. The summed E-state index contributed by atoms with van der Waals surface area (Å²) >= 11 is 0. The van der Waals surface area contributed by atoms with Gasteiger partial charge in [0.05, 0.1) is 38.1 Å². The van der Waals surface area contributed by atoms with Crippen molar-refractivity contribution in [2.24, 2.45) is 0 Å². The fourth-order valence-electron chi connectivity index (χ4n) is 3.64. The van der Waals surface area contributed by atoms with Gasteiger partial charge in [0.1, 0.15) is 17.6 Å². The zero-order valence-corrected chi connectivity index (χ0v) is 17.3. The Morgan fingerprint density at radius 3 is 2.77 bits per heavy atom. The lowest BCUT2D eigenvalue weighted by atomic mass is 10.1. The van der Waals surface area contributed by atoms with Crippen LogP contribution in [0, 0.1) is 0 Å². The van der Waals surface area contributed by atoms with Gasteiger partial charge in [0.25, 0.3) is 5.89 Å². The van der Waals surface area contributed by atoms with Crippen LogP contribution in [0.2, 0.25) is 0 Å². The lowest BCUT2D eigenvalue weighted by Crippen LogP contribution is -2.21. The molecule has 0 amide bonds. The van der Waals surface area contributed by atoms with Gasteiger partial charge in [-0.3, -0.25) is 4.68 Å². The number of ether oxygens (including phenoxy) is 3. The van der Waals surface area contributed by atoms with Crippen molar-refractivity contribution >= 4 is 0 Å². The summed E-state index contributed by atoms with van der Waals surface area (Å²) in [6.07, 6.45) is -0.0808. The molecule has 0 unspecified atom stereocenters. The third-order valence-electron chi connectivity index (χ3n) is 5.19. The van der Waals surface area contributed by atoms with Crippen molar-refractivity contribution in [3.8, 4) is 34.5 Å².